The third-order valence-electron chi connectivity index (χ3n) is 3.25. The zero-order valence-corrected chi connectivity index (χ0v) is 11.6. The van der Waals surface area contributed by atoms with Crippen molar-refractivity contribution in [2.75, 3.05) is 13.6 Å². The Bertz CT molecular complexity index is 367. The molecule has 94 valence electrons. The molecule has 1 heteroatoms. The van der Waals surface area contributed by atoms with Crippen molar-refractivity contribution in [1.29, 1.82) is 0 Å². The minimum Gasteiger partial charge on any atom is -0.316 e. The molecule has 0 bridgehead atoms. The van der Waals surface area contributed by atoms with Gasteiger partial charge in [-0.1, -0.05) is 36.8 Å². The summed E-state index contributed by atoms with van der Waals surface area (Å²) in [6.45, 7) is 7.53. The van der Waals surface area contributed by atoms with Crippen LogP contribution < -0.4 is 5.32 Å². The third-order valence-corrected chi connectivity index (χ3v) is 3.25. The molecule has 0 saturated carbocycles. The molecule has 0 radical (unpaired) electrons. The van der Waals surface area contributed by atoms with Crippen molar-refractivity contribution in [1.82, 2.24) is 5.32 Å². The monoisotopic (exact) mass is 231 g/mol. The molecule has 17 heavy (non-hydrogen) atoms. The molecule has 0 aromatic carbocycles. The van der Waals surface area contributed by atoms with E-state index < -0.39 is 0 Å². The van der Waals surface area contributed by atoms with Crippen LogP contribution in [0.4, 0.5) is 0 Å². The second kappa shape index (κ2) is 7.29. The normalized spacial score (nSPS) is 17.9. The molecule has 0 amide bonds. The zero-order valence-electron chi connectivity index (χ0n) is 11.6. The maximum Gasteiger partial charge on any atom is 0.0170 e. The average molecular weight is 231 g/mol. The topological polar surface area (TPSA) is 12.0 Å². The van der Waals surface area contributed by atoms with E-state index in [-0.39, 0.29) is 0 Å². The molecule has 1 nitrogen and oxygen atoms in total. The van der Waals surface area contributed by atoms with E-state index in [4.69, 9.17) is 0 Å². The van der Waals surface area contributed by atoms with Crippen molar-refractivity contribution in [2.24, 2.45) is 0 Å². The highest BCUT2D eigenvalue weighted by atomic mass is 14.8. The maximum atomic E-state index is 3.27. The van der Waals surface area contributed by atoms with Gasteiger partial charge in [0, 0.05) is 6.54 Å². The van der Waals surface area contributed by atoms with Crippen LogP contribution in [-0.4, -0.2) is 13.6 Å². The van der Waals surface area contributed by atoms with Gasteiger partial charge in [0.15, 0.2) is 0 Å². The predicted molar refractivity (Wildman–Crippen MR) is 77.1 cm³/mol. The second-order valence-corrected chi connectivity index (χ2v) is 4.58. The largest absolute Gasteiger partial charge is 0.316 e. The molecule has 0 aromatic rings. The molecular formula is C16H25N. The molecule has 0 spiro atoms. The lowest BCUT2D eigenvalue weighted by molar-refractivity contribution is 0.806. The fourth-order valence-corrected chi connectivity index (χ4v) is 2.09. The van der Waals surface area contributed by atoms with Crippen LogP contribution in [-0.2, 0) is 0 Å². The highest BCUT2D eigenvalue weighted by Crippen LogP contribution is 2.26. The number of hydrogen-bond donors (Lipinski definition) is 1. The fraction of sp³-hybridized carbons (Fsp3) is 0.500. The molecule has 0 fully saturated rings. The summed E-state index contributed by atoms with van der Waals surface area (Å²) in [6, 6.07) is 0. The van der Waals surface area contributed by atoms with Crippen LogP contribution >= 0.6 is 0 Å². The van der Waals surface area contributed by atoms with Crippen molar-refractivity contribution in [3.8, 4) is 0 Å². The first-order valence-corrected chi connectivity index (χ1v) is 6.59. The number of nitrogens with one attached hydrogen (secondary N) is 1. The van der Waals surface area contributed by atoms with Gasteiger partial charge in [0.2, 0.25) is 0 Å². The summed E-state index contributed by atoms with van der Waals surface area (Å²) >= 11 is 0. The van der Waals surface area contributed by atoms with E-state index in [0.29, 0.717) is 0 Å². The highest BCUT2D eigenvalue weighted by Gasteiger charge is 2.10. The Morgan fingerprint density at radius 1 is 1.47 bits per heavy atom. The van der Waals surface area contributed by atoms with Gasteiger partial charge in [0.25, 0.3) is 0 Å². The summed E-state index contributed by atoms with van der Waals surface area (Å²) in [5.41, 5.74) is 5.75. The Balaban J connectivity index is 3.04. The van der Waals surface area contributed by atoms with Crippen molar-refractivity contribution < 1.29 is 0 Å². The lowest BCUT2D eigenvalue weighted by Gasteiger charge is -2.17. The average Bonchev–Trinajstić information content (AvgIpc) is 2.37. The zero-order chi connectivity index (χ0) is 12.7. The lowest BCUT2D eigenvalue weighted by atomic mass is 9.90. The van der Waals surface area contributed by atoms with Gasteiger partial charge < -0.3 is 5.32 Å². The summed E-state index contributed by atoms with van der Waals surface area (Å²) in [7, 11) is 2.02. The summed E-state index contributed by atoms with van der Waals surface area (Å²) in [5, 5.41) is 3.27. The second-order valence-electron chi connectivity index (χ2n) is 4.58. The summed E-state index contributed by atoms with van der Waals surface area (Å²) in [4.78, 5) is 0. The van der Waals surface area contributed by atoms with E-state index in [1.54, 1.807) is 0 Å². The van der Waals surface area contributed by atoms with Crippen molar-refractivity contribution in [3.63, 3.8) is 0 Å². The standard InChI is InChI=1S/C16H25N/c1-5-13(3)11-14(6-2)16-10-8-7-9-15(16)12-17-4/h6,8,10-11,17H,5,7,9,12H2,1-4H3/b13-11+,14-6+. The van der Waals surface area contributed by atoms with E-state index in [9.17, 15) is 0 Å². The van der Waals surface area contributed by atoms with Crippen molar-refractivity contribution in [3.05, 3.63) is 46.6 Å². The van der Waals surface area contributed by atoms with Crippen LogP contribution in [0.25, 0.3) is 0 Å². The smallest absolute Gasteiger partial charge is 0.0170 e. The Hall–Kier alpha value is -1.08. The molecule has 1 rings (SSSR count). The molecule has 0 atom stereocenters. The van der Waals surface area contributed by atoms with Crippen molar-refractivity contribution >= 4 is 0 Å². The first-order valence-electron chi connectivity index (χ1n) is 6.59. The SMILES string of the molecule is C/C=C(\C=C(/C)CC)C1=C(CNC)CCC=C1. The highest BCUT2D eigenvalue weighted by molar-refractivity contribution is 5.51. The Labute approximate surface area is 106 Å². The molecule has 0 unspecified atom stereocenters. The molecular weight excluding hydrogens is 206 g/mol. The first-order chi connectivity index (χ1) is 8.22. The lowest BCUT2D eigenvalue weighted by Crippen LogP contribution is -2.13. The van der Waals surface area contributed by atoms with Crippen LogP contribution in [0.3, 0.4) is 0 Å². The summed E-state index contributed by atoms with van der Waals surface area (Å²) in [6.07, 6.45) is 12.6. The number of likely N-dealkylation sites (N-methyl/N-ethyl adjacent to an activating group) is 1. The van der Waals surface area contributed by atoms with E-state index >= 15 is 0 Å². The Morgan fingerprint density at radius 2 is 2.24 bits per heavy atom. The van der Waals surface area contributed by atoms with E-state index in [0.717, 1.165) is 13.0 Å². The predicted octanol–water partition coefficient (Wildman–Crippen LogP) is 4.16. The van der Waals surface area contributed by atoms with Gasteiger partial charge in [0.05, 0.1) is 0 Å². The number of hydrogen-bond acceptors (Lipinski definition) is 1. The summed E-state index contributed by atoms with van der Waals surface area (Å²) in [5.74, 6) is 0. The number of allylic oxidation sites excluding steroid dienone is 7. The molecule has 0 aromatic heterocycles. The van der Waals surface area contributed by atoms with Crippen LogP contribution in [0.5, 0.6) is 0 Å². The van der Waals surface area contributed by atoms with Gasteiger partial charge in [-0.2, -0.15) is 0 Å². The minimum atomic E-state index is 0.996. The van der Waals surface area contributed by atoms with E-state index in [1.807, 2.05) is 7.05 Å². The Morgan fingerprint density at radius 3 is 2.82 bits per heavy atom. The van der Waals surface area contributed by atoms with Crippen LogP contribution in [0.1, 0.15) is 40.0 Å². The molecule has 1 aliphatic carbocycles. The van der Waals surface area contributed by atoms with Crippen molar-refractivity contribution in [2.45, 2.75) is 40.0 Å². The Kier molecular flexibility index (Phi) is 5.99. The van der Waals surface area contributed by atoms with Gasteiger partial charge in [-0.05, 0) is 56.9 Å². The fourth-order valence-electron chi connectivity index (χ4n) is 2.09. The van der Waals surface area contributed by atoms with Gasteiger partial charge in [0.1, 0.15) is 0 Å². The molecule has 0 aliphatic heterocycles. The van der Waals surface area contributed by atoms with Gasteiger partial charge in [-0.25, -0.2) is 0 Å². The van der Waals surface area contributed by atoms with E-state index in [1.165, 1.54) is 35.1 Å². The third kappa shape index (κ3) is 4.01. The van der Waals surface area contributed by atoms with Crippen LogP contribution in [0, 0.1) is 0 Å². The molecule has 0 heterocycles. The van der Waals surface area contributed by atoms with Gasteiger partial charge >= 0.3 is 0 Å². The number of rotatable bonds is 5. The van der Waals surface area contributed by atoms with Crippen LogP contribution in [0.15, 0.2) is 46.6 Å². The molecule has 0 saturated heterocycles. The molecule has 1 aliphatic rings. The first kappa shape index (κ1) is 14.0. The van der Waals surface area contributed by atoms with Crippen LogP contribution in [0.2, 0.25) is 0 Å². The minimum absolute atomic E-state index is 0.996. The maximum absolute atomic E-state index is 3.27. The summed E-state index contributed by atoms with van der Waals surface area (Å²) < 4.78 is 0. The molecule has 1 N–H and O–H groups in total. The van der Waals surface area contributed by atoms with E-state index in [2.05, 4.69) is 50.4 Å². The quantitative estimate of drug-likeness (QED) is 0.701. The van der Waals surface area contributed by atoms with Gasteiger partial charge in [-0.3, -0.25) is 0 Å². The van der Waals surface area contributed by atoms with Gasteiger partial charge in [-0.15, -0.1) is 0 Å².